The first-order valence-electron chi connectivity index (χ1n) is 6.79. The van der Waals surface area contributed by atoms with Crippen LogP contribution in [0.4, 0.5) is 0 Å². The van der Waals surface area contributed by atoms with Crippen molar-refractivity contribution in [2.24, 2.45) is 0 Å². The molecule has 3 aromatic rings. The number of fused-ring (bicyclic) bond motifs is 1. The van der Waals surface area contributed by atoms with Gasteiger partial charge in [-0.25, -0.2) is 19.9 Å². The van der Waals surface area contributed by atoms with E-state index in [-0.39, 0.29) is 0 Å². The maximum atomic E-state index is 4.70. The Morgan fingerprint density at radius 1 is 0.857 bits per heavy atom. The lowest BCUT2D eigenvalue weighted by Gasteiger charge is -2.06. The van der Waals surface area contributed by atoms with Crippen LogP contribution < -0.4 is 0 Å². The van der Waals surface area contributed by atoms with Crippen molar-refractivity contribution in [3.8, 4) is 0 Å². The van der Waals surface area contributed by atoms with Gasteiger partial charge in [0.15, 0.2) is 5.16 Å². The summed E-state index contributed by atoms with van der Waals surface area (Å²) in [5, 5.41) is 0.793. The Balaban J connectivity index is 1.86. The minimum atomic E-state index is 0.729. The molecule has 0 fully saturated rings. The summed E-state index contributed by atoms with van der Waals surface area (Å²) in [6.45, 7) is 5.97. The van der Waals surface area contributed by atoms with E-state index in [4.69, 9.17) is 4.98 Å². The van der Waals surface area contributed by atoms with Crippen LogP contribution in [0.5, 0.6) is 0 Å². The molecular weight excluding hydrogens is 280 g/mol. The number of para-hydroxylation sites is 2. The Hall–Kier alpha value is -2.01. The molecule has 4 nitrogen and oxygen atoms in total. The fraction of sp³-hybridized carbons (Fsp3) is 0.250. The number of aryl methyl sites for hydroxylation is 3. The van der Waals surface area contributed by atoms with Crippen LogP contribution in [-0.4, -0.2) is 19.9 Å². The highest BCUT2D eigenvalue weighted by molar-refractivity contribution is 7.98. The number of nitrogens with zero attached hydrogens (tertiary/aromatic N) is 4. The monoisotopic (exact) mass is 296 g/mol. The smallest absolute Gasteiger partial charge is 0.188 e. The van der Waals surface area contributed by atoms with E-state index in [9.17, 15) is 0 Å². The third-order valence-electron chi connectivity index (χ3n) is 3.14. The maximum Gasteiger partial charge on any atom is 0.188 e. The summed E-state index contributed by atoms with van der Waals surface area (Å²) in [5.41, 5.74) is 5.80. The second kappa shape index (κ2) is 5.77. The van der Waals surface area contributed by atoms with Gasteiger partial charge in [0.25, 0.3) is 0 Å². The molecule has 0 bridgehead atoms. The van der Waals surface area contributed by atoms with Gasteiger partial charge in [-0.3, -0.25) is 0 Å². The zero-order valence-electron chi connectivity index (χ0n) is 12.3. The molecule has 0 saturated carbocycles. The molecule has 106 valence electrons. The standard InChI is InChI=1S/C16H16N4S/c1-10-8-11(2)18-16(17-10)21-9-15-12(3)19-13-6-4-5-7-14(13)20-15/h4-8H,9H2,1-3H3. The van der Waals surface area contributed by atoms with Crippen LogP contribution in [-0.2, 0) is 5.75 Å². The Kier molecular flexibility index (Phi) is 3.84. The van der Waals surface area contributed by atoms with E-state index in [1.807, 2.05) is 51.1 Å². The third-order valence-corrected chi connectivity index (χ3v) is 4.00. The number of benzene rings is 1. The Labute approximate surface area is 128 Å². The zero-order chi connectivity index (χ0) is 14.8. The van der Waals surface area contributed by atoms with Crippen molar-refractivity contribution in [3.63, 3.8) is 0 Å². The van der Waals surface area contributed by atoms with Gasteiger partial charge in [-0.2, -0.15) is 0 Å². The Bertz CT molecular complexity index is 781. The predicted octanol–water partition coefficient (Wildman–Crippen LogP) is 3.64. The first-order valence-corrected chi connectivity index (χ1v) is 7.78. The SMILES string of the molecule is Cc1cc(C)nc(SCc2nc3ccccc3nc2C)n1. The topological polar surface area (TPSA) is 51.6 Å². The van der Waals surface area contributed by atoms with Crippen molar-refractivity contribution in [1.82, 2.24) is 19.9 Å². The summed E-state index contributed by atoms with van der Waals surface area (Å²) in [4.78, 5) is 18.2. The highest BCUT2D eigenvalue weighted by atomic mass is 32.2. The fourth-order valence-electron chi connectivity index (χ4n) is 2.15. The van der Waals surface area contributed by atoms with Crippen LogP contribution in [0.1, 0.15) is 22.8 Å². The first kappa shape index (κ1) is 13.9. The van der Waals surface area contributed by atoms with Gasteiger partial charge in [-0.05, 0) is 39.0 Å². The van der Waals surface area contributed by atoms with Gasteiger partial charge in [0.2, 0.25) is 0 Å². The number of aromatic nitrogens is 4. The molecule has 1 aromatic carbocycles. The summed E-state index contributed by atoms with van der Waals surface area (Å²) < 4.78 is 0. The van der Waals surface area contributed by atoms with Crippen molar-refractivity contribution < 1.29 is 0 Å². The van der Waals surface area contributed by atoms with Crippen molar-refractivity contribution >= 4 is 22.8 Å². The van der Waals surface area contributed by atoms with E-state index in [0.29, 0.717) is 0 Å². The highest BCUT2D eigenvalue weighted by Crippen LogP contribution is 2.21. The van der Waals surface area contributed by atoms with Gasteiger partial charge < -0.3 is 0 Å². The lowest BCUT2D eigenvalue weighted by molar-refractivity contribution is 0.900. The third kappa shape index (κ3) is 3.19. The predicted molar refractivity (Wildman–Crippen MR) is 85.3 cm³/mol. The quantitative estimate of drug-likeness (QED) is 0.545. The molecule has 2 aromatic heterocycles. The summed E-state index contributed by atoms with van der Waals surface area (Å²) in [7, 11) is 0. The average molecular weight is 296 g/mol. The van der Waals surface area contributed by atoms with Gasteiger partial charge in [-0.1, -0.05) is 23.9 Å². The second-order valence-corrected chi connectivity index (χ2v) is 5.91. The molecule has 0 saturated heterocycles. The van der Waals surface area contributed by atoms with Crippen LogP contribution in [0, 0.1) is 20.8 Å². The van der Waals surface area contributed by atoms with Crippen molar-refractivity contribution in [2.75, 3.05) is 0 Å². The largest absolute Gasteiger partial charge is 0.250 e. The van der Waals surface area contributed by atoms with Gasteiger partial charge in [0.05, 0.1) is 22.4 Å². The Morgan fingerprint density at radius 3 is 2.14 bits per heavy atom. The van der Waals surface area contributed by atoms with E-state index in [1.165, 1.54) is 0 Å². The lowest BCUT2D eigenvalue weighted by atomic mass is 10.2. The summed E-state index contributed by atoms with van der Waals surface area (Å²) in [6.07, 6.45) is 0. The number of rotatable bonds is 3. The molecule has 21 heavy (non-hydrogen) atoms. The molecule has 0 spiro atoms. The normalized spacial score (nSPS) is 11.0. The number of hydrogen-bond acceptors (Lipinski definition) is 5. The van der Waals surface area contributed by atoms with Crippen LogP contribution >= 0.6 is 11.8 Å². The molecule has 2 heterocycles. The minimum absolute atomic E-state index is 0.729. The van der Waals surface area contributed by atoms with Crippen LogP contribution in [0.25, 0.3) is 11.0 Å². The zero-order valence-corrected chi connectivity index (χ0v) is 13.1. The van der Waals surface area contributed by atoms with Gasteiger partial charge in [-0.15, -0.1) is 0 Å². The molecule has 0 aliphatic rings. The van der Waals surface area contributed by atoms with Gasteiger partial charge in [0, 0.05) is 17.1 Å². The van der Waals surface area contributed by atoms with Crippen molar-refractivity contribution in [3.05, 3.63) is 53.1 Å². The Morgan fingerprint density at radius 2 is 1.48 bits per heavy atom. The van der Waals surface area contributed by atoms with E-state index in [2.05, 4.69) is 15.0 Å². The molecule has 0 radical (unpaired) electrons. The molecule has 0 amide bonds. The molecule has 0 N–H and O–H groups in total. The van der Waals surface area contributed by atoms with E-state index < -0.39 is 0 Å². The van der Waals surface area contributed by atoms with E-state index in [0.717, 1.165) is 44.7 Å². The summed E-state index contributed by atoms with van der Waals surface area (Å²) >= 11 is 1.60. The number of hydrogen-bond donors (Lipinski definition) is 0. The van der Waals surface area contributed by atoms with Gasteiger partial charge >= 0.3 is 0 Å². The first-order chi connectivity index (χ1) is 10.1. The van der Waals surface area contributed by atoms with Crippen LogP contribution in [0.2, 0.25) is 0 Å². The molecule has 3 rings (SSSR count). The molecule has 0 unspecified atom stereocenters. The molecule has 0 atom stereocenters. The van der Waals surface area contributed by atoms with E-state index in [1.54, 1.807) is 11.8 Å². The van der Waals surface area contributed by atoms with E-state index >= 15 is 0 Å². The molecule has 5 heteroatoms. The average Bonchev–Trinajstić information content (AvgIpc) is 2.44. The fourth-order valence-corrected chi connectivity index (χ4v) is 3.11. The van der Waals surface area contributed by atoms with Crippen LogP contribution in [0.15, 0.2) is 35.5 Å². The molecular formula is C16H16N4S. The molecule has 0 aliphatic carbocycles. The minimum Gasteiger partial charge on any atom is -0.250 e. The summed E-state index contributed by atoms with van der Waals surface area (Å²) in [6, 6.07) is 9.91. The van der Waals surface area contributed by atoms with Crippen LogP contribution in [0.3, 0.4) is 0 Å². The lowest BCUT2D eigenvalue weighted by Crippen LogP contribution is -1.98. The van der Waals surface area contributed by atoms with Crippen molar-refractivity contribution in [2.45, 2.75) is 31.7 Å². The molecule has 0 aliphatic heterocycles. The summed E-state index contributed by atoms with van der Waals surface area (Å²) in [5.74, 6) is 0.729. The highest BCUT2D eigenvalue weighted by Gasteiger charge is 2.07. The second-order valence-electron chi connectivity index (χ2n) is 4.97. The van der Waals surface area contributed by atoms with Crippen molar-refractivity contribution in [1.29, 1.82) is 0 Å². The van der Waals surface area contributed by atoms with Gasteiger partial charge in [0.1, 0.15) is 0 Å². The number of thioether (sulfide) groups is 1. The maximum absolute atomic E-state index is 4.70.